The summed E-state index contributed by atoms with van der Waals surface area (Å²) in [5.74, 6) is -0.273. The number of carbonyl (C=O) groups is 2. The molecule has 0 N–H and O–H groups in total. The van der Waals surface area contributed by atoms with E-state index in [0.717, 1.165) is 0 Å². The van der Waals surface area contributed by atoms with E-state index in [9.17, 15) is 9.59 Å². The summed E-state index contributed by atoms with van der Waals surface area (Å²) in [6, 6.07) is 0.0405. The summed E-state index contributed by atoms with van der Waals surface area (Å²) in [6.45, 7) is 10.1. The van der Waals surface area contributed by atoms with Crippen LogP contribution in [0.25, 0.3) is 0 Å². The molecule has 1 aliphatic carbocycles. The van der Waals surface area contributed by atoms with E-state index in [-0.39, 0.29) is 28.7 Å². The topological polar surface area (TPSA) is 37.4 Å². The molecular weight excluding hydrogens is 190 g/mol. The van der Waals surface area contributed by atoms with Crippen LogP contribution in [0.3, 0.4) is 0 Å². The third kappa shape index (κ3) is 1.06. The standard InChI is InChI=1S/C12H17NO2/c1-7-6-8(14)13(9(7)15)10-11(2,3)12(10,4)5/h6,10H,1-5H3. The van der Waals surface area contributed by atoms with Gasteiger partial charge in [0.1, 0.15) is 0 Å². The van der Waals surface area contributed by atoms with E-state index in [2.05, 4.69) is 27.7 Å². The van der Waals surface area contributed by atoms with Gasteiger partial charge in [0.05, 0.1) is 6.04 Å². The third-order valence-electron chi connectivity index (χ3n) is 4.34. The molecule has 3 nitrogen and oxygen atoms in total. The molecule has 82 valence electrons. The maximum absolute atomic E-state index is 11.8. The van der Waals surface area contributed by atoms with Gasteiger partial charge in [-0.25, -0.2) is 0 Å². The Kier molecular flexibility index (Phi) is 1.74. The van der Waals surface area contributed by atoms with Crippen molar-refractivity contribution in [3.8, 4) is 0 Å². The first kappa shape index (κ1) is 10.4. The van der Waals surface area contributed by atoms with Crippen molar-refractivity contribution in [2.24, 2.45) is 10.8 Å². The van der Waals surface area contributed by atoms with E-state index < -0.39 is 0 Å². The third-order valence-corrected chi connectivity index (χ3v) is 4.34. The summed E-state index contributed by atoms with van der Waals surface area (Å²) in [4.78, 5) is 24.9. The summed E-state index contributed by atoms with van der Waals surface area (Å²) in [6.07, 6.45) is 1.44. The van der Waals surface area contributed by atoms with Crippen LogP contribution in [-0.4, -0.2) is 22.8 Å². The first-order valence-electron chi connectivity index (χ1n) is 5.27. The lowest BCUT2D eigenvalue weighted by Crippen LogP contribution is -2.36. The molecule has 1 fully saturated rings. The Balaban J connectivity index is 2.31. The van der Waals surface area contributed by atoms with Crippen LogP contribution in [0.4, 0.5) is 0 Å². The van der Waals surface area contributed by atoms with Crippen LogP contribution in [-0.2, 0) is 9.59 Å². The predicted octanol–water partition coefficient (Wildman–Crippen LogP) is 1.74. The van der Waals surface area contributed by atoms with Gasteiger partial charge in [-0.3, -0.25) is 14.5 Å². The van der Waals surface area contributed by atoms with Gasteiger partial charge >= 0.3 is 0 Å². The van der Waals surface area contributed by atoms with Crippen molar-refractivity contribution < 1.29 is 9.59 Å². The van der Waals surface area contributed by atoms with Crippen LogP contribution >= 0.6 is 0 Å². The number of hydrogen-bond acceptors (Lipinski definition) is 2. The number of imide groups is 1. The Morgan fingerprint density at radius 2 is 1.60 bits per heavy atom. The minimum atomic E-state index is -0.152. The van der Waals surface area contributed by atoms with Crippen molar-refractivity contribution >= 4 is 11.8 Å². The highest BCUT2D eigenvalue weighted by Gasteiger charge is 2.69. The smallest absolute Gasteiger partial charge is 0.256 e. The molecule has 0 aromatic heterocycles. The van der Waals surface area contributed by atoms with E-state index in [4.69, 9.17) is 0 Å². The van der Waals surface area contributed by atoms with Crippen LogP contribution < -0.4 is 0 Å². The number of rotatable bonds is 1. The first-order chi connectivity index (χ1) is 6.71. The molecule has 0 bridgehead atoms. The highest BCUT2D eigenvalue weighted by molar-refractivity contribution is 6.16. The Morgan fingerprint density at radius 1 is 1.13 bits per heavy atom. The number of carbonyl (C=O) groups excluding carboxylic acids is 2. The highest BCUT2D eigenvalue weighted by atomic mass is 16.2. The molecule has 0 aromatic rings. The highest BCUT2D eigenvalue weighted by Crippen LogP contribution is 2.65. The van der Waals surface area contributed by atoms with Gasteiger partial charge in [0.15, 0.2) is 0 Å². The van der Waals surface area contributed by atoms with E-state index in [1.54, 1.807) is 6.92 Å². The zero-order valence-corrected chi connectivity index (χ0v) is 9.92. The zero-order chi connectivity index (χ0) is 11.6. The lowest BCUT2D eigenvalue weighted by molar-refractivity contribution is -0.138. The average Bonchev–Trinajstić information content (AvgIpc) is 2.31. The second-order valence-electron chi connectivity index (χ2n) is 5.69. The van der Waals surface area contributed by atoms with Gasteiger partial charge in [-0.05, 0) is 17.8 Å². The van der Waals surface area contributed by atoms with Gasteiger partial charge in [-0.1, -0.05) is 27.7 Å². The van der Waals surface area contributed by atoms with Crippen molar-refractivity contribution in [3.63, 3.8) is 0 Å². The molecule has 1 saturated carbocycles. The molecule has 0 unspecified atom stereocenters. The molecule has 2 aliphatic rings. The summed E-state index contributed by atoms with van der Waals surface area (Å²) in [5, 5.41) is 0. The Morgan fingerprint density at radius 3 is 1.87 bits per heavy atom. The fourth-order valence-electron chi connectivity index (χ4n) is 2.66. The van der Waals surface area contributed by atoms with Crippen molar-refractivity contribution in [2.75, 3.05) is 0 Å². The Labute approximate surface area is 90.1 Å². The molecule has 3 heteroatoms. The Bertz CT molecular complexity index is 376. The van der Waals surface area contributed by atoms with Gasteiger partial charge in [-0.2, -0.15) is 0 Å². The van der Waals surface area contributed by atoms with Gasteiger partial charge < -0.3 is 0 Å². The van der Waals surface area contributed by atoms with Crippen molar-refractivity contribution in [1.82, 2.24) is 4.90 Å². The number of amides is 2. The SMILES string of the molecule is CC1=CC(=O)N(C2C(C)(C)C2(C)C)C1=O. The van der Waals surface area contributed by atoms with Crippen LogP contribution in [0.5, 0.6) is 0 Å². The van der Waals surface area contributed by atoms with Crippen LogP contribution in [0.15, 0.2) is 11.6 Å². The molecule has 0 radical (unpaired) electrons. The second-order valence-corrected chi connectivity index (χ2v) is 5.69. The van der Waals surface area contributed by atoms with E-state index in [1.807, 2.05) is 0 Å². The summed E-state index contributed by atoms with van der Waals surface area (Å²) >= 11 is 0. The largest absolute Gasteiger partial charge is 0.271 e. The molecule has 2 amide bonds. The van der Waals surface area contributed by atoms with E-state index in [1.165, 1.54) is 11.0 Å². The molecule has 0 aromatic carbocycles. The summed E-state index contributed by atoms with van der Waals surface area (Å²) < 4.78 is 0. The molecule has 0 spiro atoms. The first-order valence-corrected chi connectivity index (χ1v) is 5.27. The fourth-order valence-corrected chi connectivity index (χ4v) is 2.66. The van der Waals surface area contributed by atoms with Gasteiger partial charge in [0, 0.05) is 11.6 Å². The molecule has 0 atom stereocenters. The second kappa shape index (κ2) is 2.52. The summed E-state index contributed by atoms with van der Waals surface area (Å²) in [5.41, 5.74) is 0.603. The van der Waals surface area contributed by atoms with Crippen LogP contribution in [0, 0.1) is 10.8 Å². The van der Waals surface area contributed by atoms with E-state index >= 15 is 0 Å². The average molecular weight is 207 g/mol. The minimum Gasteiger partial charge on any atom is -0.271 e. The Hall–Kier alpha value is -1.12. The number of hydrogen-bond donors (Lipinski definition) is 0. The number of nitrogens with zero attached hydrogens (tertiary/aromatic N) is 1. The van der Waals surface area contributed by atoms with E-state index in [0.29, 0.717) is 5.57 Å². The lowest BCUT2D eigenvalue weighted by atomic mass is 10.0. The van der Waals surface area contributed by atoms with Gasteiger partial charge in [-0.15, -0.1) is 0 Å². The molecule has 1 aliphatic heterocycles. The zero-order valence-electron chi connectivity index (χ0n) is 9.92. The monoisotopic (exact) mass is 207 g/mol. The predicted molar refractivity (Wildman–Crippen MR) is 57.0 cm³/mol. The molecule has 15 heavy (non-hydrogen) atoms. The maximum atomic E-state index is 11.8. The van der Waals surface area contributed by atoms with Crippen LogP contribution in [0.1, 0.15) is 34.6 Å². The van der Waals surface area contributed by atoms with Gasteiger partial charge in [0.2, 0.25) is 0 Å². The molecule has 0 saturated heterocycles. The maximum Gasteiger partial charge on any atom is 0.256 e. The summed E-state index contributed by atoms with van der Waals surface area (Å²) in [7, 11) is 0. The van der Waals surface area contributed by atoms with Crippen molar-refractivity contribution in [1.29, 1.82) is 0 Å². The fraction of sp³-hybridized carbons (Fsp3) is 0.667. The molecule has 1 heterocycles. The van der Waals surface area contributed by atoms with Crippen molar-refractivity contribution in [3.05, 3.63) is 11.6 Å². The van der Waals surface area contributed by atoms with Gasteiger partial charge in [0.25, 0.3) is 11.8 Å². The molecule has 2 rings (SSSR count). The minimum absolute atomic E-state index is 0.0246. The van der Waals surface area contributed by atoms with Crippen molar-refractivity contribution in [2.45, 2.75) is 40.7 Å². The normalized spacial score (nSPS) is 28.3. The quantitative estimate of drug-likeness (QED) is 0.614. The molecular formula is C12H17NO2. The van der Waals surface area contributed by atoms with Crippen LogP contribution in [0.2, 0.25) is 0 Å². The lowest BCUT2D eigenvalue weighted by Gasteiger charge is -2.16.